The van der Waals surface area contributed by atoms with Crippen molar-refractivity contribution in [2.24, 2.45) is 50.2 Å². The predicted molar refractivity (Wildman–Crippen MR) is 323 cm³/mol. The van der Waals surface area contributed by atoms with Crippen molar-refractivity contribution < 1.29 is 163 Å². The molecule has 5 aliphatic carbocycles. The Kier molecular flexibility index (Phi) is 22.5. The maximum atomic E-state index is 14.9. The maximum absolute atomic E-state index is 14.9. The first-order valence-electron chi connectivity index (χ1n) is 34.3. The molecular formula is C65H104O33. The van der Waals surface area contributed by atoms with E-state index in [4.69, 9.17) is 56.8 Å². The Morgan fingerprint density at radius 3 is 1.50 bits per heavy atom. The molecule has 11 rings (SSSR count). The zero-order valence-corrected chi connectivity index (χ0v) is 55.9. The number of carbonyl (C=O) groups excluding carboxylic acids is 1. The first-order chi connectivity index (χ1) is 45.9. The number of rotatable bonds is 18. The van der Waals surface area contributed by atoms with Crippen LogP contribution < -0.4 is 0 Å². The van der Waals surface area contributed by atoms with Crippen molar-refractivity contribution >= 4 is 11.9 Å². The molecule has 4 saturated carbocycles. The summed E-state index contributed by atoms with van der Waals surface area (Å²) in [6.45, 7) is 11.5. The molecule has 37 atom stereocenters. The fourth-order valence-corrected chi connectivity index (χ4v) is 19.0. The number of ether oxygens (including phenoxy) is 12. The van der Waals surface area contributed by atoms with E-state index in [2.05, 4.69) is 40.7 Å². The molecule has 0 radical (unpaired) electrons. The molecule has 33 heteroatoms. The average molecular weight is 1410 g/mol. The fraction of sp³-hybridized carbons (Fsp3) is 0.938. The Morgan fingerprint density at radius 2 is 0.918 bits per heavy atom. The van der Waals surface area contributed by atoms with Crippen LogP contribution in [-0.4, -0.2) is 326 Å². The quantitative estimate of drug-likeness (QED) is 0.0346. The smallest absolute Gasteiger partial charge is 0.335 e. The molecule has 19 N–H and O–H groups in total. The Balaban J connectivity index is 0.854. The normalized spacial score (nSPS) is 53.1. The topological polar surface area (TPSA) is 529 Å². The summed E-state index contributed by atoms with van der Waals surface area (Å²) < 4.78 is 71.7. The van der Waals surface area contributed by atoms with E-state index in [-0.39, 0.29) is 34.0 Å². The number of aliphatic hydroxyl groups is 18. The van der Waals surface area contributed by atoms with Gasteiger partial charge < -0.3 is 154 Å². The molecule has 0 amide bonds. The van der Waals surface area contributed by atoms with Gasteiger partial charge in [0.05, 0.1) is 44.6 Å². The number of fused-ring (bicyclic) bond motifs is 7. The molecular weight excluding hydrogens is 1310 g/mol. The Morgan fingerprint density at radius 1 is 0.459 bits per heavy atom. The minimum atomic E-state index is -2.16. The lowest BCUT2D eigenvalue weighted by atomic mass is 9.33. The first-order valence-corrected chi connectivity index (χ1v) is 34.3. The van der Waals surface area contributed by atoms with Crippen molar-refractivity contribution in [1.29, 1.82) is 0 Å². The van der Waals surface area contributed by atoms with E-state index < -0.39 is 245 Å². The van der Waals surface area contributed by atoms with Gasteiger partial charge in [-0.1, -0.05) is 60.1 Å². The first kappa shape index (κ1) is 76.6. The summed E-state index contributed by atoms with van der Waals surface area (Å²) in [6.07, 6.45) is -45.7. The lowest BCUT2D eigenvalue weighted by Gasteiger charge is -2.71. The molecule has 562 valence electrons. The van der Waals surface area contributed by atoms with Crippen LogP contribution in [0, 0.1) is 50.2 Å². The van der Waals surface area contributed by atoms with Crippen LogP contribution >= 0.6 is 0 Å². The molecule has 0 spiro atoms. The number of aliphatic carboxylic acids is 1. The van der Waals surface area contributed by atoms with Crippen LogP contribution in [0.5, 0.6) is 0 Å². The zero-order valence-electron chi connectivity index (χ0n) is 55.9. The van der Waals surface area contributed by atoms with E-state index in [0.717, 1.165) is 6.42 Å². The number of allylic oxidation sites excluding steroid dienone is 2. The van der Waals surface area contributed by atoms with Crippen LogP contribution in [0.2, 0.25) is 0 Å². The van der Waals surface area contributed by atoms with E-state index >= 15 is 0 Å². The van der Waals surface area contributed by atoms with Gasteiger partial charge in [-0.25, -0.2) is 4.79 Å². The second kappa shape index (κ2) is 28.8. The molecule has 11 aliphatic rings. The summed E-state index contributed by atoms with van der Waals surface area (Å²) in [5.74, 6) is -2.60. The molecule has 6 heterocycles. The van der Waals surface area contributed by atoms with E-state index in [1.807, 2.05) is 13.8 Å². The molecule has 6 saturated heterocycles. The molecule has 37 unspecified atom stereocenters. The third-order valence-electron chi connectivity index (χ3n) is 25.2. The van der Waals surface area contributed by atoms with Crippen molar-refractivity contribution in [3.63, 3.8) is 0 Å². The van der Waals surface area contributed by atoms with Gasteiger partial charge in [-0.15, -0.1) is 0 Å². The van der Waals surface area contributed by atoms with Gasteiger partial charge in [0.15, 0.2) is 37.6 Å². The minimum absolute atomic E-state index is 0.0697. The lowest BCUT2D eigenvalue weighted by molar-refractivity contribution is -0.383. The Labute approximate surface area is 565 Å². The number of esters is 1. The van der Waals surface area contributed by atoms with Gasteiger partial charge >= 0.3 is 11.9 Å². The molecule has 0 aromatic rings. The second-order valence-electron chi connectivity index (χ2n) is 31.5. The molecule has 0 bridgehead atoms. The highest BCUT2D eigenvalue weighted by atomic mass is 16.8. The van der Waals surface area contributed by atoms with Crippen LogP contribution in [0.15, 0.2) is 11.6 Å². The highest BCUT2D eigenvalue weighted by Crippen LogP contribution is 2.76. The number of carboxylic acid groups (broad SMARTS) is 1. The second-order valence-corrected chi connectivity index (χ2v) is 31.5. The van der Waals surface area contributed by atoms with E-state index in [0.29, 0.717) is 57.8 Å². The van der Waals surface area contributed by atoms with Crippen LogP contribution in [0.1, 0.15) is 113 Å². The molecule has 10 fully saturated rings. The molecule has 0 aromatic carbocycles. The summed E-state index contributed by atoms with van der Waals surface area (Å²) in [5, 5.41) is 205. The minimum Gasteiger partial charge on any atom is -0.479 e. The third kappa shape index (κ3) is 13.2. The predicted octanol–water partition coefficient (Wildman–Crippen LogP) is -5.66. The molecule has 33 nitrogen and oxygen atoms in total. The number of carboxylic acids is 1. The standard InChI is InChI=1S/C65H104O33/c1-60(2)14-16-65(59(86)98-55-47(82)40(75)35(70)27(20-67)91-55)17-15-63(6)24(25(65)18-60)8-9-32-62(5)12-11-33(61(3,4)31(62)10-13-64(32,63)7)94-58-51(97-56-48(83)41(76)44(79)49(95-56)52(84)85)43(78)38(73)30(93-58)23-88-57-50(96-54-45(80)36(71)28(21-68)90-54)42(77)37(72)29(92-57)22-87-53-46(81)39(74)34(69)26(19-66)89-53/h8,25-51,53-58,66-83H,9-23H2,1-7H3,(H,84,85). The molecule has 98 heavy (non-hydrogen) atoms. The van der Waals surface area contributed by atoms with Gasteiger partial charge in [-0.05, 0) is 109 Å². The maximum Gasteiger partial charge on any atom is 0.335 e. The van der Waals surface area contributed by atoms with Crippen LogP contribution in [0.4, 0.5) is 0 Å². The number of hydrogen-bond acceptors (Lipinski definition) is 32. The largest absolute Gasteiger partial charge is 0.479 e. The van der Waals surface area contributed by atoms with Gasteiger partial charge in [0, 0.05) is 0 Å². The molecule has 0 aromatic heterocycles. The summed E-state index contributed by atoms with van der Waals surface area (Å²) in [5.41, 5.74) is -1.92. The van der Waals surface area contributed by atoms with Crippen molar-refractivity contribution in [2.45, 2.75) is 297 Å². The average Bonchev–Trinajstić information content (AvgIpc) is 0.743. The van der Waals surface area contributed by atoms with Crippen molar-refractivity contribution in [2.75, 3.05) is 33.0 Å². The fourth-order valence-electron chi connectivity index (χ4n) is 19.0. The number of aliphatic hydroxyl groups excluding tert-OH is 18. The van der Waals surface area contributed by atoms with Gasteiger partial charge in [0.1, 0.15) is 134 Å². The summed E-state index contributed by atoms with van der Waals surface area (Å²) in [6, 6.07) is 0. The SMILES string of the molecule is CC1(C)CCC2(C(=O)OC3OC(CO)C(O)C(O)C3O)CCC3(C)C(=CCC4C5(C)CCC(OC6OC(COC7OC(COC8OC(CO)C(O)C(O)C8O)C(O)C(O)C7OC7OC(CO)C(O)C7O)C(O)C(O)C6OC6OC(C(=O)O)C(O)C(O)C6O)C(C)(C)C5CCC43C)C2C1. The van der Waals surface area contributed by atoms with E-state index in [9.17, 15) is 107 Å². The van der Waals surface area contributed by atoms with Crippen LogP contribution in [-0.2, 0) is 66.4 Å². The third-order valence-corrected chi connectivity index (χ3v) is 25.2. The summed E-state index contributed by atoms with van der Waals surface area (Å²) in [7, 11) is 0. The van der Waals surface area contributed by atoms with Crippen molar-refractivity contribution in [1.82, 2.24) is 0 Å². The Bertz CT molecular complexity index is 2800. The lowest BCUT2D eigenvalue weighted by Crippen LogP contribution is -2.67. The number of carbonyl (C=O) groups is 2. The summed E-state index contributed by atoms with van der Waals surface area (Å²) in [4.78, 5) is 27.2. The Hall–Kier alpha value is -2.48. The zero-order chi connectivity index (χ0) is 71.6. The van der Waals surface area contributed by atoms with Crippen LogP contribution in [0.25, 0.3) is 0 Å². The van der Waals surface area contributed by atoms with Gasteiger partial charge in [0.2, 0.25) is 6.29 Å². The van der Waals surface area contributed by atoms with E-state index in [1.54, 1.807) is 0 Å². The molecule has 6 aliphatic heterocycles. The summed E-state index contributed by atoms with van der Waals surface area (Å²) >= 11 is 0. The van der Waals surface area contributed by atoms with Crippen molar-refractivity contribution in [3.8, 4) is 0 Å². The van der Waals surface area contributed by atoms with Crippen molar-refractivity contribution in [3.05, 3.63) is 11.6 Å². The monoisotopic (exact) mass is 1410 g/mol. The van der Waals surface area contributed by atoms with Crippen LogP contribution in [0.3, 0.4) is 0 Å². The highest BCUT2D eigenvalue weighted by molar-refractivity contribution is 5.79. The van der Waals surface area contributed by atoms with Gasteiger partial charge in [-0.3, -0.25) is 4.79 Å². The number of hydrogen-bond donors (Lipinski definition) is 19. The van der Waals surface area contributed by atoms with Gasteiger partial charge in [-0.2, -0.15) is 0 Å². The van der Waals surface area contributed by atoms with Gasteiger partial charge in [0.25, 0.3) is 0 Å². The highest BCUT2D eigenvalue weighted by Gasteiger charge is 2.71. The van der Waals surface area contributed by atoms with E-state index in [1.165, 1.54) is 5.57 Å².